The van der Waals surface area contributed by atoms with Gasteiger partial charge in [0.2, 0.25) is 12.7 Å². The van der Waals surface area contributed by atoms with Gasteiger partial charge in [0.1, 0.15) is 0 Å². The number of hydrogen-bond donors (Lipinski definition) is 0. The molecule has 1 amide bonds. The van der Waals surface area contributed by atoms with Crippen LogP contribution in [0.5, 0.6) is 11.5 Å². The summed E-state index contributed by atoms with van der Waals surface area (Å²) in [5.74, 6) is 1.12. The van der Waals surface area contributed by atoms with Crippen LogP contribution in [0, 0.1) is 0 Å². The molecule has 2 aromatic carbocycles. The van der Waals surface area contributed by atoms with E-state index in [2.05, 4.69) is 0 Å². The summed E-state index contributed by atoms with van der Waals surface area (Å²) in [6, 6.07) is 14.7. The van der Waals surface area contributed by atoms with Gasteiger partial charge in [-0.3, -0.25) is 4.79 Å². The first-order chi connectivity index (χ1) is 13.5. The maximum absolute atomic E-state index is 12.7. The number of ether oxygens (including phenoxy) is 2. The monoisotopic (exact) mass is 399 g/mol. The maximum Gasteiger partial charge on any atom is 0.246 e. The van der Waals surface area contributed by atoms with Gasteiger partial charge in [0.15, 0.2) is 21.3 Å². The summed E-state index contributed by atoms with van der Waals surface area (Å²) in [6.07, 6.45) is 3.58. The van der Waals surface area contributed by atoms with Crippen molar-refractivity contribution in [1.82, 2.24) is 4.90 Å². The summed E-state index contributed by atoms with van der Waals surface area (Å²) in [6.45, 7) is 0.811. The van der Waals surface area contributed by atoms with Crippen molar-refractivity contribution < 1.29 is 22.7 Å². The van der Waals surface area contributed by atoms with Crippen LogP contribution in [0.3, 0.4) is 0 Å². The fourth-order valence-corrected chi connectivity index (χ4v) is 5.29. The molecule has 0 radical (unpaired) electrons. The predicted molar refractivity (Wildman–Crippen MR) is 106 cm³/mol. The number of carbonyl (C=O) groups excluding carboxylic acids is 1. The van der Waals surface area contributed by atoms with Crippen molar-refractivity contribution in [2.75, 3.05) is 25.6 Å². The van der Waals surface area contributed by atoms with Gasteiger partial charge in [-0.1, -0.05) is 36.4 Å². The van der Waals surface area contributed by atoms with Gasteiger partial charge in [0.05, 0.1) is 11.0 Å². The topological polar surface area (TPSA) is 72.9 Å². The minimum atomic E-state index is -3.30. The average Bonchev–Trinajstić information content (AvgIpc) is 3.10. The van der Waals surface area contributed by atoms with Crippen LogP contribution in [0.1, 0.15) is 22.8 Å². The average molecular weight is 399 g/mol. The zero-order valence-electron chi connectivity index (χ0n) is 15.3. The van der Waals surface area contributed by atoms with E-state index in [4.69, 9.17) is 9.47 Å². The SMILES string of the molecule is O=C(C=Cc1ccc2c(c1)OCO2)N1CCC(c2ccccc2)S(=O)(=O)CC1. The Morgan fingerprint density at radius 3 is 2.64 bits per heavy atom. The first-order valence-electron chi connectivity index (χ1n) is 9.16. The Balaban J connectivity index is 1.45. The van der Waals surface area contributed by atoms with E-state index in [-0.39, 0.29) is 25.0 Å². The molecule has 1 unspecified atom stereocenters. The Bertz CT molecular complexity index is 1000. The summed E-state index contributed by atoms with van der Waals surface area (Å²) in [7, 11) is -3.30. The van der Waals surface area contributed by atoms with Crippen molar-refractivity contribution in [3.8, 4) is 11.5 Å². The van der Waals surface area contributed by atoms with Crippen molar-refractivity contribution in [1.29, 1.82) is 0 Å². The number of nitrogens with zero attached hydrogens (tertiary/aromatic N) is 1. The second-order valence-electron chi connectivity index (χ2n) is 6.83. The summed E-state index contributed by atoms with van der Waals surface area (Å²) < 4.78 is 36.0. The standard InChI is InChI=1S/C21H21NO5S/c23-21(9-7-16-6-8-18-19(14-16)27-15-26-18)22-11-10-20(28(24,25)13-12-22)17-4-2-1-3-5-17/h1-9,14,20H,10-13,15H2. The van der Waals surface area contributed by atoms with Gasteiger partial charge < -0.3 is 14.4 Å². The van der Waals surface area contributed by atoms with Gasteiger partial charge in [-0.15, -0.1) is 0 Å². The lowest BCUT2D eigenvalue weighted by atomic mass is 10.1. The molecule has 0 saturated carbocycles. The van der Waals surface area contributed by atoms with Crippen LogP contribution in [0.15, 0.2) is 54.6 Å². The van der Waals surface area contributed by atoms with Gasteiger partial charge >= 0.3 is 0 Å². The van der Waals surface area contributed by atoms with Crippen LogP contribution in [-0.4, -0.2) is 44.9 Å². The number of amides is 1. The fourth-order valence-electron chi connectivity index (χ4n) is 3.50. The lowest BCUT2D eigenvalue weighted by molar-refractivity contribution is -0.125. The predicted octanol–water partition coefficient (Wildman–Crippen LogP) is 2.82. The number of sulfone groups is 1. The van der Waals surface area contributed by atoms with E-state index < -0.39 is 15.1 Å². The molecule has 1 saturated heterocycles. The second kappa shape index (κ2) is 7.67. The third kappa shape index (κ3) is 3.89. The highest BCUT2D eigenvalue weighted by Crippen LogP contribution is 2.33. The molecular weight excluding hydrogens is 378 g/mol. The first kappa shape index (κ1) is 18.6. The maximum atomic E-state index is 12.7. The summed E-state index contributed by atoms with van der Waals surface area (Å²) in [5.41, 5.74) is 1.61. The van der Waals surface area contributed by atoms with Crippen LogP contribution in [-0.2, 0) is 14.6 Å². The molecule has 2 aromatic rings. The Hall–Kier alpha value is -2.80. The second-order valence-corrected chi connectivity index (χ2v) is 9.13. The first-order valence-corrected chi connectivity index (χ1v) is 10.9. The number of hydrogen-bond acceptors (Lipinski definition) is 5. The largest absolute Gasteiger partial charge is 0.454 e. The fraction of sp³-hybridized carbons (Fsp3) is 0.286. The molecule has 1 atom stereocenters. The van der Waals surface area contributed by atoms with Crippen molar-refractivity contribution in [3.05, 3.63) is 65.7 Å². The van der Waals surface area contributed by atoms with Crippen molar-refractivity contribution in [3.63, 3.8) is 0 Å². The smallest absolute Gasteiger partial charge is 0.246 e. The Morgan fingerprint density at radius 1 is 1.04 bits per heavy atom. The van der Waals surface area contributed by atoms with E-state index in [1.807, 2.05) is 42.5 Å². The molecule has 0 spiro atoms. The van der Waals surface area contributed by atoms with Gasteiger partial charge in [0.25, 0.3) is 0 Å². The molecule has 0 aromatic heterocycles. The van der Waals surface area contributed by atoms with E-state index in [1.165, 1.54) is 6.08 Å². The molecule has 2 heterocycles. The molecule has 1 fully saturated rings. The quantitative estimate of drug-likeness (QED) is 0.742. The third-order valence-corrected chi connectivity index (χ3v) is 7.16. The zero-order chi connectivity index (χ0) is 19.6. The number of fused-ring (bicyclic) bond motifs is 1. The zero-order valence-corrected chi connectivity index (χ0v) is 16.1. The Labute approximate surface area is 164 Å². The van der Waals surface area contributed by atoms with Crippen LogP contribution in [0.2, 0.25) is 0 Å². The molecule has 4 rings (SSSR count). The molecule has 7 heteroatoms. The molecule has 0 bridgehead atoms. The van der Waals surface area contributed by atoms with Gasteiger partial charge in [-0.05, 0) is 35.8 Å². The molecule has 6 nitrogen and oxygen atoms in total. The van der Waals surface area contributed by atoms with Crippen molar-refractivity contribution >= 4 is 21.8 Å². The molecule has 0 aliphatic carbocycles. The molecule has 0 N–H and O–H groups in total. The summed E-state index contributed by atoms with van der Waals surface area (Å²) in [4.78, 5) is 14.2. The number of rotatable bonds is 3. The number of carbonyl (C=O) groups is 1. The van der Waals surface area contributed by atoms with Crippen LogP contribution < -0.4 is 9.47 Å². The lowest BCUT2D eigenvalue weighted by Gasteiger charge is -2.18. The normalized spacial score (nSPS) is 20.9. The van der Waals surface area contributed by atoms with Gasteiger partial charge in [-0.2, -0.15) is 0 Å². The molecular formula is C21H21NO5S. The van der Waals surface area contributed by atoms with Gasteiger partial charge in [-0.25, -0.2) is 8.42 Å². The van der Waals surface area contributed by atoms with Crippen LogP contribution >= 0.6 is 0 Å². The van der Waals surface area contributed by atoms with E-state index in [1.54, 1.807) is 17.0 Å². The van der Waals surface area contributed by atoms with Gasteiger partial charge in [0, 0.05) is 19.2 Å². The van der Waals surface area contributed by atoms with Crippen molar-refractivity contribution in [2.45, 2.75) is 11.7 Å². The number of benzene rings is 2. The highest BCUT2D eigenvalue weighted by Gasteiger charge is 2.32. The Kier molecular flexibility index (Phi) is 5.09. The van der Waals surface area contributed by atoms with Crippen LogP contribution in [0.4, 0.5) is 0 Å². The highest BCUT2D eigenvalue weighted by molar-refractivity contribution is 7.91. The van der Waals surface area contributed by atoms with E-state index in [0.717, 1.165) is 11.1 Å². The van der Waals surface area contributed by atoms with E-state index in [9.17, 15) is 13.2 Å². The molecule has 2 aliphatic rings. The highest BCUT2D eigenvalue weighted by atomic mass is 32.2. The summed E-state index contributed by atoms with van der Waals surface area (Å²) in [5, 5.41) is -0.565. The molecule has 146 valence electrons. The minimum Gasteiger partial charge on any atom is -0.454 e. The van der Waals surface area contributed by atoms with E-state index in [0.29, 0.717) is 24.5 Å². The summed E-state index contributed by atoms with van der Waals surface area (Å²) >= 11 is 0. The van der Waals surface area contributed by atoms with E-state index >= 15 is 0 Å². The van der Waals surface area contributed by atoms with Crippen molar-refractivity contribution in [2.24, 2.45) is 0 Å². The van der Waals surface area contributed by atoms with Crippen LogP contribution in [0.25, 0.3) is 6.08 Å². The molecule has 2 aliphatic heterocycles. The lowest BCUT2D eigenvalue weighted by Crippen LogP contribution is -2.32. The Morgan fingerprint density at radius 2 is 1.82 bits per heavy atom. The minimum absolute atomic E-state index is 0.0316. The molecule has 28 heavy (non-hydrogen) atoms. The third-order valence-electron chi connectivity index (χ3n) is 5.04.